The lowest BCUT2D eigenvalue weighted by Crippen LogP contribution is -2.23. The molecule has 0 bridgehead atoms. The number of fused-ring (bicyclic) bond motifs is 1. The predicted octanol–water partition coefficient (Wildman–Crippen LogP) is 5.65. The highest BCUT2D eigenvalue weighted by Crippen LogP contribution is 2.28. The molecular weight excluding hydrogens is 378 g/mol. The summed E-state index contributed by atoms with van der Waals surface area (Å²) in [7, 11) is 0. The second kappa shape index (κ2) is 9.08. The fourth-order valence-electron chi connectivity index (χ4n) is 3.37. The maximum atomic E-state index is 11.9. The molecule has 0 amide bonds. The maximum Gasteiger partial charge on any atom is 0.335 e. The van der Waals surface area contributed by atoms with Crippen molar-refractivity contribution < 1.29 is 19.4 Å². The summed E-state index contributed by atoms with van der Waals surface area (Å²) < 4.78 is 5.37. The van der Waals surface area contributed by atoms with E-state index in [0.717, 1.165) is 47.0 Å². The van der Waals surface area contributed by atoms with Gasteiger partial charge >= 0.3 is 11.9 Å². The van der Waals surface area contributed by atoms with E-state index in [-0.39, 0.29) is 11.5 Å². The number of nitrogens with zero attached hydrogens (tertiary/aromatic N) is 1. The van der Waals surface area contributed by atoms with Crippen LogP contribution in [0.15, 0.2) is 54.6 Å². The normalized spacial score (nSPS) is 11.4. The molecule has 0 atom stereocenters. The molecule has 0 aliphatic rings. The molecule has 0 saturated heterocycles. The van der Waals surface area contributed by atoms with Crippen LogP contribution in [0.25, 0.3) is 22.2 Å². The minimum absolute atomic E-state index is 0.187. The van der Waals surface area contributed by atoms with Crippen molar-refractivity contribution in [3.63, 3.8) is 0 Å². The van der Waals surface area contributed by atoms with Crippen LogP contribution in [0.3, 0.4) is 0 Å². The summed E-state index contributed by atoms with van der Waals surface area (Å²) in [5.74, 6) is -1.14. The molecule has 1 aromatic heterocycles. The van der Waals surface area contributed by atoms with Gasteiger partial charge in [0.05, 0.1) is 16.8 Å². The van der Waals surface area contributed by atoms with Gasteiger partial charge < -0.3 is 9.84 Å². The van der Waals surface area contributed by atoms with Crippen molar-refractivity contribution in [2.45, 2.75) is 52.1 Å². The first kappa shape index (κ1) is 21.5. The van der Waals surface area contributed by atoms with Crippen LogP contribution in [0.1, 0.15) is 56.0 Å². The largest absolute Gasteiger partial charge is 0.478 e. The summed E-state index contributed by atoms with van der Waals surface area (Å²) in [6, 6.07) is 16.9. The number of carboxylic acid groups (broad SMARTS) is 1. The number of aromatic carboxylic acids is 1. The van der Waals surface area contributed by atoms with Crippen LogP contribution in [0.4, 0.5) is 0 Å². The first-order valence-electron chi connectivity index (χ1n) is 10.2. The maximum absolute atomic E-state index is 11.9. The number of ether oxygens (including phenoxy) is 1. The number of unbranched alkanes of at least 4 members (excludes halogenated alkanes) is 1. The summed E-state index contributed by atoms with van der Waals surface area (Å²) in [4.78, 5) is 28.1. The Bertz CT molecular complexity index is 1050. The van der Waals surface area contributed by atoms with Gasteiger partial charge in [0, 0.05) is 17.4 Å². The highest BCUT2D eigenvalue weighted by molar-refractivity contribution is 5.94. The molecule has 2 aromatic carbocycles. The molecule has 0 saturated carbocycles. The number of carboxylic acids is 1. The molecule has 30 heavy (non-hydrogen) atoms. The lowest BCUT2D eigenvalue weighted by molar-refractivity contribution is -0.154. The quantitative estimate of drug-likeness (QED) is 0.406. The fourth-order valence-corrected chi connectivity index (χ4v) is 3.37. The first-order valence-corrected chi connectivity index (χ1v) is 10.2. The standard InChI is InChI=1S/C25H27NO4/c1-25(2,3)30-22(27)12-8-7-11-18-15-20-16-19(24(28)29)13-14-21(20)26-23(18)17-9-5-4-6-10-17/h4-6,9-10,13-16H,7-8,11-12H2,1-3H3,(H,28,29). The second-order valence-electron chi connectivity index (χ2n) is 8.37. The number of benzene rings is 2. The number of pyridine rings is 1. The van der Waals surface area contributed by atoms with Gasteiger partial charge in [-0.15, -0.1) is 0 Å². The van der Waals surface area contributed by atoms with E-state index in [2.05, 4.69) is 0 Å². The molecule has 3 rings (SSSR count). The molecule has 0 spiro atoms. The van der Waals surface area contributed by atoms with Crippen molar-refractivity contribution in [2.24, 2.45) is 0 Å². The van der Waals surface area contributed by atoms with E-state index < -0.39 is 11.6 Å². The summed E-state index contributed by atoms with van der Waals surface area (Å²) in [5.41, 5.74) is 3.48. The SMILES string of the molecule is CC(C)(C)OC(=O)CCCCc1cc2cc(C(=O)O)ccc2nc1-c1ccccc1. The molecule has 5 nitrogen and oxygen atoms in total. The number of aromatic nitrogens is 1. The van der Waals surface area contributed by atoms with Crippen molar-refractivity contribution in [3.05, 3.63) is 65.7 Å². The highest BCUT2D eigenvalue weighted by atomic mass is 16.6. The third-order valence-corrected chi connectivity index (χ3v) is 4.68. The van der Waals surface area contributed by atoms with E-state index in [0.29, 0.717) is 6.42 Å². The number of rotatable bonds is 7. The zero-order chi connectivity index (χ0) is 21.7. The van der Waals surface area contributed by atoms with E-state index in [1.54, 1.807) is 18.2 Å². The molecule has 3 aromatic rings. The van der Waals surface area contributed by atoms with Crippen LogP contribution < -0.4 is 0 Å². The highest BCUT2D eigenvalue weighted by Gasteiger charge is 2.16. The average molecular weight is 405 g/mol. The first-order chi connectivity index (χ1) is 14.2. The Balaban J connectivity index is 1.83. The molecule has 156 valence electrons. The third-order valence-electron chi connectivity index (χ3n) is 4.68. The van der Waals surface area contributed by atoms with Gasteiger partial charge in [-0.2, -0.15) is 0 Å². The Morgan fingerprint density at radius 1 is 1.00 bits per heavy atom. The van der Waals surface area contributed by atoms with Gasteiger partial charge in [-0.05, 0) is 69.9 Å². The Morgan fingerprint density at radius 2 is 1.73 bits per heavy atom. The van der Waals surface area contributed by atoms with Crippen molar-refractivity contribution in [1.29, 1.82) is 0 Å². The monoisotopic (exact) mass is 405 g/mol. The van der Waals surface area contributed by atoms with Crippen LogP contribution in [0.2, 0.25) is 0 Å². The number of aryl methyl sites for hydroxylation is 1. The van der Waals surface area contributed by atoms with Gasteiger partial charge in [-0.3, -0.25) is 4.79 Å². The Hall–Kier alpha value is -3.21. The Labute approximate surface area is 176 Å². The molecule has 0 aliphatic carbocycles. The number of carbonyl (C=O) groups excluding carboxylic acids is 1. The van der Waals surface area contributed by atoms with Crippen LogP contribution >= 0.6 is 0 Å². The van der Waals surface area contributed by atoms with Crippen molar-refractivity contribution >= 4 is 22.8 Å². The number of carbonyl (C=O) groups is 2. The zero-order valence-corrected chi connectivity index (χ0v) is 17.6. The van der Waals surface area contributed by atoms with E-state index in [9.17, 15) is 14.7 Å². The summed E-state index contributed by atoms with van der Waals surface area (Å²) in [6.45, 7) is 5.59. The topological polar surface area (TPSA) is 76.5 Å². The minimum atomic E-state index is -0.956. The van der Waals surface area contributed by atoms with E-state index in [1.165, 1.54) is 0 Å². The van der Waals surface area contributed by atoms with E-state index in [1.807, 2.05) is 57.2 Å². The molecule has 5 heteroatoms. The fraction of sp³-hybridized carbons (Fsp3) is 0.320. The molecule has 1 N–H and O–H groups in total. The lowest BCUT2D eigenvalue weighted by atomic mass is 9.98. The summed E-state index contributed by atoms with van der Waals surface area (Å²) in [5, 5.41) is 10.1. The molecule has 0 radical (unpaired) electrons. The third kappa shape index (κ3) is 5.66. The number of esters is 1. The van der Waals surface area contributed by atoms with Gasteiger partial charge in [0.25, 0.3) is 0 Å². The van der Waals surface area contributed by atoms with Crippen LogP contribution in [0, 0.1) is 0 Å². The summed E-state index contributed by atoms with van der Waals surface area (Å²) in [6.07, 6.45) is 2.65. The molecule has 0 unspecified atom stereocenters. The average Bonchev–Trinajstić information content (AvgIpc) is 2.69. The van der Waals surface area contributed by atoms with Gasteiger partial charge in [0.1, 0.15) is 5.60 Å². The van der Waals surface area contributed by atoms with Crippen LogP contribution in [-0.2, 0) is 16.0 Å². The Morgan fingerprint density at radius 3 is 2.40 bits per heavy atom. The molecule has 0 fully saturated rings. The van der Waals surface area contributed by atoms with E-state index in [4.69, 9.17) is 9.72 Å². The van der Waals surface area contributed by atoms with Crippen molar-refractivity contribution in [3.8, 4) is 11.3 Å². The van der Waals surface area contributed by atoms with Crippen molar-refractivity contribution in [2.75, 3.05) is 0 Å². The zero-order valence-electron chi connectivity index (χ0n) is 17.6. The molecule has 0 aliphatic heterocycles. The Kier molecular flexibility index (Phi) is 6.50. The van der Waals surface area contributed by atoms with Crippen LogP contribution in [-0.4, -0.2) is 27.6 Å². The van der Waals surface area contributed by atoms with Gasteiger partial charge in [-0.1, -0.05) is 30.3 Å². The van der Waals surface area contributed by atoms with Crippen molar-refractivity contribution in [1.82, 2.24) is 4.98 Å². The van der Waals surface area contributed by atoms with Gasteiger partial charge in [-0.25, -0.2) is 9.78 Å². The van der Waals surface area contributed by atoms with E-state index >= 15 is 0 Å². The summed E-state index contributed by atoms with van der Waals surface area (Å²) >= 11 is 0. The minimum Gasteiger partial charge on any atom is -0.478 e. The molecule has 1 heterocycles. The lowest BCUT2D eigenvalue weighted by Gasteiger charge is -2.19. The van der Waals surface area contributed by atoms with Gasteiger partial charge in [0.15, 0.2) is 0 Å². The smallest absolute Gasteiger partial charge is 0.335 e. The predicted molar refractivity (Wildman–Crippen MR) is 118 cm³/mol. The molecular formula is C25H27NO4. The number of hydrogen-bond acceptors (Lipinski definition) is 4. The number of hydrogen-bond donors (Lipinski definition) is 1. The van der Waals surface area contributed by atoms with Crippen LogP contribution in [0.5, 0.6) is 0 Å². The second-order valence-corrected chi connectivity index (χ2v) is 8.37. The van der Waals surface area contributed by atoms with Gasteiger partial charge in [0.2, 0.25) is 0 Å².